The molecule has 0 saturated carbocycles. The first-order chi connectivity index (χ1) is 11.5. The molecule has 0 fully saturated rings. The third-order valence-electron chi connectivity index (χ3n) is 3.82. The van der Waals surface area contributed by atoms with Gasteiger partial charge in [-0.25, -0.2) is 9.78 Å². The summed E-state index contributed by atoms with van der Waals surface area (Å²) in [6.07, 6.45) is 0.773. The fourth-order valence-electron chi connectivity index (χ4n) is 2.44. The third-order valence-corrected chi connectivity index (χ3v) is 5.00. The number of urea groups is 1. The number of carbonyl (C=O) groups excluding carboxylic acids is 1. The van der Waals surface area contributed by atoms with Crippen molar-refractivity contribution in [3.05, 3.63) is 33.8 Å². The van der Waals surface area contributed by atoms with Crippen molar-refractivity contribution in [2.45, 2.75) is 33.2 Å². The Morgan fingerprint density at radius 1 is 1.33 bits per heavy atom. The van der Waals surface area contributed by atoms with E-state index in [9.17, 15) is 4.79 Å². The third kappa shape index (κ3) is 3.23. The van der Waals surface area contributed by atoms with Crippen LogP contribution in [0, 0.1) is 13.8 Å². The summed E-state index contributed by atoms with van der Waals surface area (Å²) in [6.45, 7) is 6.05. The van der Waals surface area contributed by atoms with E-state index in [4.69, 9.17) is 0 Å². The zero-order valence-corrected chi connectivity index (χ0v) is 14.9. The summed E-state index contributed by atoms with van der Waals surface area (Å²) in [6, 6.07) is 5.14. The predicted octanol–water partition coefficient (Wildman–Crippen LogP) is 3.31. The Kier molecular flexibility index (Phi) is 4.48. The van der Waals surface area contributed by atoms with Crippen molar-refractivity contribution >= 4 is 34.1 Å². The monoisotopic (exact) mass is 344 g/mol. The molecule has 7 nitrogen and oxygen atoms in total. The topological polar surface area (TPSA) is 84.7 Å². The number of hydrogen-bond donors (Lipinski definition) is 2. The SMILES string of the molecule is CCC(NC(=O)Nc1cccc2nn(C)nc12)c1nc(C)c(C)s1. The summed E-state index contributed by atoms with van der Waals surface area (Å²) in [5.74, 6) is 0. The molecule has 8 heteroatoms. The minimum atomic E-state index is -0.273. The summed E-state index contributed by atoms with van der Waals surface area (Å²) in [5, 5.41) is 15.3. The molecule has 24 heavy (non-hydrogen) atoms. The Balaban J connectivity index is 1.76. The van der Waals surface area contributed by atoms with Crippen LogP contribution in [-0.4, -0.2) is 26.0 Å². The van der Waals surface area contributed by atoms with E-state index in [-0.39, 0.29) is 12.1 Å². The number of amides is 2. The second kappa shape index (κ2) is 6.56. The van der Waals surface area contributed by atoms with Crippen LogP contribution >= 0.6 is 11.3 Å². The highest BCUT2D eigenvalue weighted by atomic mass is 32.1. The molecule has 2 N–H and O–H groups in total. The van der Waals surface area contributed by atoms with Gasteiger partial charge in [0.15, 0.2) is 0 Å². The first-order valence-electron chi connectivity index (χ1n) is 7.79. The van der Waals surface area contributed by atoms with Gasteiger partial charge in [0, 0.05) is 11.9 Å². The molecule has 0 aliphatic rings. The molecular formula is C16H20N6OS. The molecule has 0 spiro atoms. The first kappa shape index (κ1) is 16.4. The van der Waals surface area contributed by atoms with Gasteiger partial charge in [-0.3, -0.25) is 0 Å². The lowest BCUT2D eigenvalue weighted by molar-refractivity contribution is 0.248. The van der Waals surface area contributed by atoms with Gasteiger partial charge in [-0.1, -0.05) is 13.0 Å². The number of hydrogen-bond acceptors (Lipinski definition) is 5. The average Bonchev–Trinajstić information content (AvgIpc) is 3.07. The van der Waals surface area contributed by atoms with E-state index in [1.165, 1.54) is 9.67 Å². The number of aryl methyl sites for hydroxylation is 3. The largest absolute Gasteiger partial charge is 0.329 e. The molecular weight excluding hydrogens is 324 g/mol. The Labute approximate surface area is 144 Å². The van der Waals surface area contributed by atoms with Gasteiger partial charge in [-0.15, -0.1) is 11.3 Å². The lowest BCUT2D eigenvalue weighted by atomic mass is 10.2. The summed E-state index contributed by atoms with van der Waals surface area (Å²) >= 11 is 1.62. The smallest absolute Gasteiger partial charge is 0.319 e. The van der Waals surface area contributed by atoms with Crippen molar-refractivity contribution in [3.63, 3.8) is 0 Å². The highest BCUT2D eigenvalue weighted by Gasteiger charge is 2.18. The van der Waals surface area contributed by atoms with Crippen molar-refractivity contribution in [2.75, 3.05) is 5.32 Å². The molecule has 2 aromatic heterocycles. The number of thiazole rings is 1. The van der Waals surface area contributed by atoms with Gasteiger partial charge in [0.1, 0.15) is 16.0 Å². The van der Waals surface area contributed by atoms with E-state index in [0.29, 0.717) is 11.2 Å². The number of aromatic nitrogens is 4. The van der Waals surface area contributed by atoms with Crippen LogP contribution in [0.2, 0.25) is 0 Å². The van der Waals surface area contributed by atoms with E-state index < -0.39 is 0 Å². The van der Waals surface area contributed by atoms with Crippen LogP contribution in [0.3, 0.4) is 0 Å². The van der Waals surface area contributed by atoms with E-state index >= 15 is 0 Å². The summed E-state index contributed by atoms with van der Waals surface area (Å²) < 4.78 is 0. The number of benzene rings is 1. The molecule has 2 amide bonds. The molecule has 1 atom stereocenters. The summed E-state index contributed by atoms with van der Waals surface area (Å²) in [4.78, 5) is 19.6. The van der Waals surface area contributed by atoms with Crippen molar-refractivity contribution in [1.29, 1.82) is 0 Å². The Morgan fingerprint density at radius 3 is 2.79 bits per heavy atom. The van der Waals surface area contributed by atoms with E-state index in [1.54, 1.807) is 18.4 Å². The van der Waals surface area contributed by atoms with Crippen molar-refractivity contribution < 1.29 is 4.79 Å². The maximum Gasteiger partial charge on any atom is 0.319 e. The van der Waals surface area contributed by atoms with E-state index in [0.717, 1.165) is 22.6 Å². The molecule has 0 aliphatic heterocycles. The zero-order chi connectivity index (χ0) is 17.3. The van der Waals surface area contributed by atoms with Crippen molar-refractivity contribution in [3.8, 4) is 0 Å². The van der Waals surface area contributed by atoms with Gasteiger partial charge >= 0.3 is 6.03 Å². The summed E-state index contributed by atoms with van der Waals surface area (Å²) in [7, 11) is 1.75. The zero-order valence-electron chi connectivity index (χ0n) is 14.1. The number of nitrogens with zero attached hydrogens (tertiary/aromatic N) is 4. The van der Waals surface area contributed by atoms with Crippen LogP contribution in [0.15, 0.2) is 18.2 Å². The first-order valence-corrected chi connectivity index (χ1v) is 8.61. The Bertz CT molecular complexity index is 864. The fourth-order valence-corrected chi connectivity index (χ4v) is 3.50. The Hall–Kier alpha value is -2.48. The molecule has 0 radical (unpaired) electrons. The summed E-state index contributed by atoms with van der Waals surface area (Å²) in [5.41, 5.74) is 3.07. The molecule has 1 aromatic carbocycles. The van der Waals surface area contributed by atoms with Gasteiger partial charge < -0.3 is 10.6 Å². The molecule has 1 unspecified atom stereocenters. The van der Waals surface area contributed by atoms with Crippen LogP contribution in [0.25, 0.3) is 11.0 Å². The highest BCUT2D eigenvalue weighted by molar-refractivity contribution is 7.11. The number of anilines is 1. The maximum atomic E-state index is 12.4. The predicted molar refractivity (Wildman–Crippen MR) is 95.3 cm³/mol. The molecule has 2 heterocycles. The lowest BCUT2D eigenvalue weighted by Crippen LogP contribution is -2.32. The van der Waals surface area contributed by atoms with Crippen LogP contribution in [-0.2, 0) is 7.05 Å². The Morgan fingerprint density at radius 2 is 2.12 bits per heavy atom. The quantitative estimate of drug-likeness (QED) is 0.760. The van der Waals surface area contributed by atoms with Gasteiger partial charge in [-0.2, -0.15) is 15.0 Å². The van der Waals surface area contributed by atoms with Crippen molar-refractivity contribution in [2.24, 2.45) is 7.05 Å². The van der Waals surface area contributed by atoms with E-state index in [2.05, 4.69) is 25.8 Å². The molecule has 0 saturated heterocycles. The maximum absolute atomic E-state index is 12.4. The fraction of sp³-hybridized carbons (Fsp3) is 0.375. The lowest BCUT2D eigenvalue weighted by Gasteiger charge is -2.15. The van der Waals surface area contributed by atoms with Gasteiger partial charge in [0.2, 0.25) is 0 Å². The molecule has 0 aliphatic carbocycles. The molecule has 3 aromatic rings. The minimum absolute atomic E-state index is 0.108. The second-order valence-corrected chi connectivity index (χ2v) is 6.85. The minimum Gasteiger partial charge on any atom is -0.329 e. The van der Waals surface area contributed by atoms with Gasteiger partial charge in [0.25, 0.3) is 0 Å². The van der Waals surface area contributed by atoms with Gasteiger partial charge in [0.05, 0.1) is 17.4 Å². The normalized spacial score (nSPS) is 12.3. The highest BCUT2D eigenvalue weighted by Crippen LogP contribution is 2.25. The number of rotatable bonds is 4. The molecule has 3 rings (SSSR count). The molecule has 126 valence electrons. The average molecular weight is 344 g/mol. The van der Waals surface area contributed by atoms with Crippen LogP contribution in [0.1, 0.15) is 35.0 Å². The van der Waals surface area contributed by atoms with Crippen LogP contribution in [0.5, 0.6) is 0 Å². The number of fused-ring (bicyclic) bond motifs is 1. The molecule has 0 bridgehead atoms. The van der Waals surface area contributed by atoms with Crippen molar-refractivity contribution in [1.82, 2.24) is 25.3 Å². The van der Waals surface area contributed by atoms with E-state index in [1.807, 2.05) is 39.0 Å². The number of nitrogens with one attached hydrogen (secondary N) is 2. The number of carbonyl (C=O) groups is 1. The standard InChI is InChI=1S/C16H20N6OS/c1-5-11(15-17-9(2)10(3)24-15)18-16(23)19-12-7-6-8-13-14(12)21-22(4)20-13/h6-8,11H,5H2,1-4H3,(H2,18,19,23). The second-order valence-electron chi connectivity index (χ2n) is 5.62. The van der Waals surface area contributed by atoms with Gasteiger partial charge in [-0.05, 0) is 32.4 Å². The van der Waals surface area contributed by atoms with Crippen LogP contribution < -0.4 is 10.6 Å². The van der Waals surface area contributed by atoms with Crippen LogP contribution in [0.4, 0.5) is 10.5 Å².